The summed E-state index contributed by atoms with van der Waals surface area (Å²) in [7, 11) is 0. The minimum absolute atomic E-state index is 0.0594. The molecule has 1 unspecified atom stereocenters. The Hall–Kier alpha value is -4.21. The molecule has 4 N–H and O–H groups in total. The van der Waals surface area contributed by atoms with E-state index in [1.54, 1.807) is 12.1 Å². The van der Waals surface area contributed by atoms with E-state index in [0.29, 0.717) is 24.8 Å². The zero-order valence-electron chi connectivity index (χ0n) is 21.2. The van der Waals surface area contributed by atoms with Gasteiger partial charge in [-0.15, -0.1) is 0 Å². The minimum atomic E-state index is -1.24. The molecule has 3 aromatic rings. The monoisotopic (exact) mass is 549 g/mol. The van der Waals surface area contributed by atoms with E-state index in [-0.39, 0.29) is 28.4 Å². The fraction of sp³-hybridized carbons (Fsp3) is 0.241. The summed E-state index contributed by atoms with van der Waals surface area (Å²) < 4.78 is 0. The summed E-state index contributed by atoms with van der Waals surface area (Å²) in [6.07, 6.45) is 1.60. The van der Waals surface area contributed by atoms with Crippen LogP contribution in [0.5, 0.6) is 5.75 Å². The second-order valence-corrected chi connectivity index (χ2v) is 9.83. The molecule has 39 heavy (non-hydrogen) atoms. The summed E-state index contributed by atoms with van der Waals surface area (Å²) in [6.45, 7) is 1.49. The van der Waals surface area contributed by atoms with Crippen LogP contribution >= 0.6 is 11.6 Å². The number of carbonyl (C=O) groups is 4. The van der Waals surface area contributed by atoms with Crippen LogP contribution in [0.1, 0.15) is 50.8 Å². The maximum Gasteiger partial charge on any atom is 0.322 e. The van der Waals surface area contributed by atoms with Crippen LogP contribution in [0, 0.1) is 5.92 Å². The van der Waals surface area contributed by atoms with Crippen LogP contribution in [-0.2, 0) is 29.0 Å². The number of carbonyl (C=O) groups excluding carboxylic acids is 3. The lowest BCUT2D eigenvalue weighted by Crippen LogP contribution is -2.55. The number of carboxylic acid groups (broad SMARTS) is 1. The van der Waals surface area contributed by atoms with Gasteiger partial charge in [0.15, 0.2) is 0 Å². The summed E-state index contributed by atoms with van der Waals surface area (Å²) in [4.78, 5) is 51.2. The van der Waals surface area contributed by atoms with E-state index >= 15 is 0 Å². The Balaban J connectivity index is 1.52. The number of hydrogen-bond donors (Lipinski definition) is 4. The number of nitrogens with one attached hydrogen (secondary N) is 2. The summed E-state index contributed by atoms with van der Waals surface area (Å²) in [5.41, 5.74) is 5.50. The van der Waals surface area contributed by atoms with Crippen LogP contribution in [0.2, 0.25) is 5.02 Å². The molecule has 9 nitrogen and oxygen atoms in total. The number of amides is 3. The highest BCUT2D eigenvalue weighted by atomic mass is 35.5. The first kappa shape index (κ1) is 27.8. The van der Waals surface area contributed by atoms with E-state index in [0.717, 1.165) is 16.1 Å². The van der Waals surface area contributed by atoms with Crippen molar-refractivity contribution >= 4 is 35.3 Å². The molecular weight excluding hydrogens is 522 g/mol. The van der Waals surface area contributed by atoms with Crippen molar-refractivity contribution in [3.8, 4) is 5.75 Å². The number of aliphatic carboxylic acids is 1. The van der Waals surface area contributed by atoms with Crippen molar-refractivity contribution in [1.82, 2.24) is 15.8 Å². The number of nitrogens with zero attached hydrogens (tertiary/aromatic N) is 1. The number of aromatic hydroxyl groups is 1. The number of imide groups is 1. The van der Waals surface area contributed by atoms with E-state index < -0.39 is 35.7 Å². The predicted octanol–water partition coefficient (Wildman–Crippen LogP) is 3.73. The van der Waals surface area contributed by atoms with Crippen LogP contribution in [0.25, 0.3) is 0 Å². The van der Waals surface area contributed by atoms with Gasteiger partial charge >= 0.3 is 5.97 Å². The number of phenols is 1. The maximum absolute atomic E-state index is 13.5. The van der Waals surface area contributed by atoms with Gasteiger partial charge in [-0.3, -0.25) is 19.2 Å². The second kappa shape index (κ2) is 12.1. The summed E-state index contributed by atoms with van der Waals surface area (Å²) in [5, 5.41) is 22.4. The Kier molecular flexibility index (Phi) is 8.63. The Morgan fingerprint density at radius 1 is 1.03 bits per heavy atom. The lowest BCUT2D eigenvalue weighted by atomic mass is 9.83. The van der Waals surface area contributed by atoms with Gasteiger partial charge in [-0.25, -0.2) is 10.4 Å². The quantitative estimate of drug-likeness (QED) is 0.248. The van der Waals surface area contributed by atoms with Gasteiger partial charge in [0.1, 0.15) is 11.8 Å². The maximum atomic E-state index is 13.5. The van der Waals surface area contributed by atoms with E-state index in [2.05, 4.69) is 10.7 Å². The van der Waals surface area contributed by atoms with Crippen molar-refractivity contribution in [1.29, 1.82) is 0 Å². The highest BCUT2D eigenvalue weighted by molar-refractivity contribution is 6.34. The molecule has 0 fully saturated rings. The molecule has 0 aromatic heterocycles. The van der Waals surface area contributed by atoms with Gasteiger partial charge in [-0.2, -0.15) is 0 Å². The van der Waals surface area contributed by atoms with Gasteiger partial charge < -0.3 is 15.5 Å². The lowest BCUT2D eigenvalue weighted by Gasteiger charge is -2.30. The molecule has 0 spiro atoms. The van der Waals surface area contributed by atoms with E-state index in [4.69, 9.17) is 11.6 Å². The van der Waals surface area contributed by atoms with Gasteiger partial charge in [0.2, 0.25) is 5.91 Å². The fourth-order valence-electron chi connectivity index (χ4n) is 4.46. The molecule has 10 heteroatoms. The Morgan fingerprint density at radius 3 is 2.46 bits per heavy atom. The average Bonchev–Trinajstić information content (AvgIpc) is 2.93. The van der Waals surface area contributed by atoms with Crippen molar-refractivity contribution in [2.45, 2.75) is 38.8 Å². The summed E-state index contributed by atoms with van der Waals surface area (Å²) in [5.74, 6) is -3.51. The molecule has 0 saturated heterocycles. The molecule has 2 atom stereocenters. The average molecular weight is 550 g/mol. The molecule has 0 heterocycles. The second-order valence-electron chi connectivity index (χ2n) is 9.42. The first-order valence-corrected chi connectivity index (χ1v) is 12.8. The molecule has 202 valence electrons. The molecule has 0 aliphatic heterocycles. The van der Waals surface area contributed by atoms with Crippen LogP contribution in [0.3, 0.4) is 0 Å². The van der Waals surface area contributed by atoms with Crippen molar-refractivity contribution in [2.24, 2.45) is 5.92 Å². The Bertz CT molecular complexity index is 1430. The first-order chi connectivity index (χ1) is 18.6. The van der Waals surface area contributed by atoms with Crippen molar-refractivity contribution < 1.29 is 29.4 Å². The number of halogens is 1. The number of carboxylic acids is 1. The number of phenolic OH excluding ortho intramolecular Hbond substituents is 1. The zero-order valence-corrected chi connectivity index (χ0v) is 21.9. The summed E-state index contributed by atoms with van der Waals surface area (Å²) >= 11 is 6.39. The number of rotatable bonds is 8. The SMILES string of the molecule is C[C@H](NN(C(=O)c1ccc(C(=O)NCc2cccc(O)c2)cc1Cl)C(=O)C1CCc2ccccc2C1)C(=O)O. The molecule has 4 rings (SSSR count). The third-order valence-corrected chi connectivity index (χ3v) is 6.95. The standard InChI is InChI=1S/C29H28ClN3O6/c1-17(29(38)39)32-33(27(36)22-10-9-19-6-2-3-7-20(19)14-22)28(37)24-12-11-21(15-25(24)30)26(35)31-16-18-5-4-8-23(34)13-18/h2-8,11-13,15,17,22,32,34H,9-10,14,16H2,1H3,(H,31,35)(H,38,39)/t17-,22?/m0/s1. The smallest absolute Gasteiger partial charge is 0.322 e. The molecular formula is C29H28ClN3O6. The molecule has 0 bridgehead atoms. The normalized spacial score (nSPS) is 15.1. The first-order valence-electron chi connectivity index (χ1n) is 12.4. The Labute approximate surface area is 230 Å². The third-order valence-electron chi connectivity index (χ3n) is 6.64. The van der Waals surface area contributed by atoms with Crippen molar-refractivity contribution in [3.63, 3.8) is 0 Å². The van der Waals surface area contributed by atoms with Gasteiger partial charge in [0.25, 0.3) is 11.8 Å². The zero-order chi connectivity index (χ0) is 28.1. The van der Waals surface area contributed by atoms with Crippen LogP contribution in [0.15, 0.2) is 66.7 Å². The van der Waals surface area contributed by atoms with Gasteiger partial charge in [0.05, 0.1) is 10.6 Å². The van der Waals surface area contributed by atoms with E-state index in [1.165, 1.54) is 37.3 Å². The number of hydrogen-bond acceptors (Lipinski definition) is 6. The largest absolute Gasteiger partial charge is 0.508 e. The van der Waals surface area contributed by atoms with Crippen LogP contribution in [-0.4, -0.2) is 45.0 Å². The molecule has 3 amide bonds. The highest BCUT2D eigenvalue weighted by Crippen LogP contribution is 2.28. The van der Waals surface area contributed by atoms with Crippen molar-refractivity contribution in [3.05, 3.63) is 99.6 Å². The third kappa shape index (κ3) is 6.63. The number of aryl methyl sites for hydroxylation is 1. The van der Waals surface area contributed by atoms with E-state index in [1.807, 2.05) is 24.3 Å². The molecule has 1 aliphatic rings. The van der Waals surface area contributed by atoms with Gasteiger partial charge in [-0.1, -0.05) is 48.0 Å². The molecule has 0 radical (unpaired) electrons. The lowest BCUT2D eigenvalue weighted by molar-refractivity contribution is -0.143. The molecule has 0 saturated carbocycles. The minimum Gasteiger partial charge on any atom is -0.508 e. The van der Waals surface area contributed by atoms with Crippen molar-refractivity contribution in [2.75, 3.05) is 0 Å². The highest BCUT2D eigenvalue weighted by Gasteiger charge is 2.34. The predicted molar refractivity (Wildman–Crippen MR) is 144 cm³/mol. The number of hydrazine groups is 1. The molecule has 3 aromatic carbocycles. The van der Waals surface area contributed by atoms with Gasteiger partial charge in [0, 0.05) is 18.0 Å². The van der Waals surface area contributed by atoms with Gasteiger partial charge in [-0.05, 0) is 73.2 Å². The Morgan fingerprint density at radius 2 is 1.77 bits per heavy atom. The number of benzene rings is 3. The van der Waals surface area contributed by atoms with E-state index in [9.17, 15) is 29.4 Å². The fourth-order valence-corrected chi connectivity index (χ4v) is 4.72. The van der Waals surface area contributed by atoms with Crippen LogP contribution in [0.4, 0.5) is 0 Å². The van der Waals surface area contributed by atoms with Crippen LogP contribution < -0.4 is 10.7 Å². The topological polar surface area (TPSA) is 136 Å². The number of fused-ring (bicyclic) bond motifs is 1. The molecule has 1 aliphatic carbocycles. The summed E-state index contributed by atoms with van der Waals surface area (Å²) in [6, 6.07) is 17.0.